The van der Waals surface area contributed by atoms with Crippen molar-refractivity contribution in [2.75, 3.05) is 20.3 Å². The summed E-state index contributed by atoms with van der Waals surface area (Å²) in [4.78, 5) is 0. The lowest BCUT2D eigenvalue weighted by Crippen LogP contribution is -2.05. The first kappa shape index (κ1) is 12.5. The first-order valence-corrected chi connectivity index (χ1v) is 5.15. The SMILES string of the molecule is COCCOCc1c(F)ccc(Br)c1F. The van der Waals surface area contributed by atoms with Gasteiger partial charge in [-0.25, -0.2) is 8.78 Å². The maximum Gasteiger partial charge on any atom is 0.145 e. The third-order valence-electron chi connectivity index (χ3n) is 1.82. The van der Waals surface area contributed by atoms with Gasteiger partial charge in [-0.2, -0.15) is 0 Å². The minimum Gasteiger partial charge on any atom is -0.382 e. The van der Waals surface area contributed by atoms with Crippen molar-refractivity contribution in [2.45, 2.75) is 6.61 Å². The smallest absolute Gasteiger partial charge is 0.145 e. The Hall–Kier alpha value is -0.520. The van der Waals surface area contributed by atoms with Crippen LogP contribution in [-0.4, -0.2) is 20.3 Å². The molecule has 0 aliphatic rings. The largest absolute Gasteiger partial charge is 0.382 e. The maximum absolute atomic E-state index is 13.4. The van der Waals surface area contributed by atoms with Gasteiger partial charge < -0.3 is 9.47 Å². The van der Waals surface area contributed by atoms with Gasteiger partial charge in [-0.15, -0.1) is 0 Å². The topological polar surface area (TPSA) is 18.5 Å². The van der Waals surface area contributed by atoms with Gasteiger partial charge in [-0.05, 0) is 28.1 Å². The van der Waals surface area contributed by atoms with Gasteiger partial charge in [0.25, 0.3) is 0 Å². The summed E-state index contributed by atoms with van der Waals surface area (Å²) in [5, 5.41) is 0. The second-order valence-corrected chi connectivity index (χ2v) is 3.72. The van der Waals surface area contributed by atoms with Crippen LogP contribution in [0.3, 0.4) is 0 Å². The zero-order valence-corrected chi connectivity index (χ0v) is 9.81. The van der Waals surface area contributed by atoms with E-state index in [-0.39, 0.29) is 16.6 Å². The Morgan fingerprint density at radius 3 is 2.67 bits per heavy atom. The van der Waals surface area contributed by atoms with Crippen LogP contribution in [0.25, 0.3) is 0 Å². The monoisotopic (exact) mass is 280 g/mol. The lowest BCUT2D eigenvalue weighted by atomic mass is 10.2. The van der Waals surface area contributed by atoms with Crippen molar-refractivity contribution in [1.29, 1.82) is 0 Å². The number of benzene rings is 1. The highest BCUT2D eigenvalue weighted by Gasteiger charge is 2.11. The average molecular weight is 281 g/mol. The van der Waals surface area contributed by atoms with Crippen LogP contribution in [-0.2, 0) is 16.1 Å². The Bertz CT molecular complexity index is 331. The quantitative estimate of drug-likeness (QED) is 0.610. The molecule has 0 saturated heterocycles. The van der Waals surface area contributed by atoms with E-state index in [1.807, 2.05) is 0 Å². The van der Waals surface area contributed by atoms with Crippen molar-refractivity contribution in [1.82, 2.24) is 0 Å². The Labute approximate surface area is 95.3 Å². The summed E-state index contributed by atoms with van der Waals surface area (Å²) in [5.74, 6) is -1.22. The van der Waals surface area contributed by atoms with E-state index in [4.69, 9.17) is 9.47 Å². The highest BCUT2D eigenvalue weighted by Crippen LogP contribution is 2.22. The van der Waals surface area contributed by atoms with Crippen molar-refractivity contribution in [2.24, 2.45) is 0 Å². The highest BCUT2D eigenvalue weighted by atomic mass is 79.9. The fourth-order valence-electron chi connectivity index (χ4n) is 1.02. The molecule has 2 nitrogen and oxygen atoms in total. The van der Waals surface area contributed by atoms with Crippen molar-refractivity contribution in [3.05, 3.63) is 33.8 Å². The van der Waals surface area contributed by atoms with Crippen LogP contribution >= 0.6 is 15.9 Å². The van der Waals surface area contributed by atoms with Crippen LogP contribution in [0.1, 0.15) is 5.56 Å². The van der Waals surface area contributed by atoms with E-state index >= 15 is 0 Å². The van der Waals surface area contributed by atoms with E-state index in [2.05, 4.69) is 15.9 Å². The van der Waals surface area contributed by atoms with Gasteiger partial charge in [0.15, 0.2) is 0 Å². The fourth-order valence-corrected chi connectivity index (χ4v) is 1.39. The van der Waals surface area contributed by atoms with Gasteiger partial charge in [-0.3, -0.25) is 0 Å². The van der Waals surface area contributed by atoms with E-state index in [1.54, 1.807) is 0 Å². The van der Waals surface area contributed by atoms with Crippen LogP contribution < -0.4 is 0 Å². The van der Waals surface area contributed by atoms with Crippen molar-refractivity contribution in [3.63, 3.8) is 0 Å². The summed E-state index contributed by atoms with van der Waals surface area (Å²) >= 11 is 2.98. The maximum atomic E-state index is 13.4. The summed E-state index contributed by atoms with van der Waals surface area (Å²) in [6, 6.07) is 2.52. The van der Waals surface area contributed by atoms with Crippen LogP contribution in [0.2, 0.25) is 0 Å². The summed E-state index contributed by atoms with van der Waals surface area (Å²) < 4.78 is 36.6. The molecule has 0 aliphatic carbocycles. The van der Waals surface area contributed by atoms with Gasteiger partial charge in [0.2, 0.25) is 0 Å². The molecule has 0 bridgehead atoms. The van der Waals surface area contributed by atoms with Crippen molar-refractivity contribution in [3.8, 4) is 0 Å². The molecule has 5 heteroatoms. The molecule has 0 heterocycles. The Morgan fingerprint density at radius 1 is 1.27 bits per heavy atom. The molecule has 84 valence electrons. The summed E-state index contributed by atoms with van der Waals surface area (Å²) in [7, 11) is 1.53. The van der Waals surface area contributed by atoms with Gasteiger partial charge in [0, 0.05) is 7.11 Å². The van der Waals surface area contributed by atoms with E-state index in [0.717, 1.165) is 0 Å². The van der Waals surface area contributed by atoms with Crippen LogP contribution in [0, 0.1) is 11.6 Å². The summed E-state index contributed by atoms with van der Waals surface area (Å²) in [6.45, 7) is 0.611. The van der Waals surface area contributed by atoms with E-state index in [0.29, 0.717) is 13.2 Å². The second-order valence-electron chi connectivity index (χ2n) is 2.87. The normalized spacial score (nSPS) is 10.7. The Balaban J connectivity index is 2.63. The number of halogens is 3. The number of hydrogen-bond acceptors (Lipinski definition) is 2. The lowest BCUT2D eigenvalue weighted by Gasteiger charge is -2.07. The predicted molar refractivity (Wildman–Crippen MR) is 55.6 cm³/mol. The van der Waals surface area contributed by atoms with E-state index in [1.165, 1.54) is 19.2 Å². The number of ether oxygens (including phenoxy) is 2. The second kappa shape index (κ2) is 6.15. The Kier molecular flexibility index (Phi) is 5.14. The zero-order valence-electron chi connectivity index (χ0n) is 8.23. The third-order valence-corrected chi connectivity index (χ3v) is 2.43. The van der Waals surface area contributed by atoms with Gasteiger partial charge in [0.1, 0.15) is 11.6 Å². The van der Waals surface area contributed by atoms with Crippen molar-refractivity contribution < 1.29 is 18.3 Å². The van der Waals surface area contributed by atoms with E-state index < -0.39 is 11.6 Å². The molecule has 0 atom stereocenters. The number of methoxy groups -OCH3 is 1. The molecule has 0 saturated carbocycles. The standard InChI is InChI=1S/C10H11BrF2O2/c1-14-4-5-15-6-7-9(12)3-2-8(11)10(7)13/h2-3H,4-6H2,1H3. The molecule has 0 aromatic heterocycles. The molecule has 0 aliphatic heterocycles. The first-order valence-electron chi connectivity index (χ1n) is 4.36. The molecule has 0 radical (unpaired) electrons. The molecular formula is C10H11BrF2O2. The molecule has 1 rings (SSSR count). The highest BCUT2D eigenvalue weighted by molar-refractivity contribution is 9.10. The van der Waals surface area contributed by atoms with Gasteiger partial charge in [0.05, 0.1) is 29.9 Å². The van der Waals surface area contributed by atoms with Crippen LogP contribution in [0.15, 0.2) is 16.6 Å². The molecule has 0 N–H and O–H groups in total. The van der Waals surface area contributed by atoms with Gasteiger partial charge >= 0.3 is 0 Å². The lowest BCUT2D eigenvalue weighted by molar-refractivity contribution is 0.0590. The Morgan fingerprint density at radius 2 is 2.00 bits per heavy atom. The first-order chi connectivity index (χ1) is 7.16. The predicted octanol–water partition coefficient (Wildman–Crippen LogP) is 2.89. The van der Waals surface area contributed by atoms with Crippen LogP contribution in [0.4, 0.5) is 8.78 Å². The molecule has 0 spiro atoms. The molecule has 0 fully saturated rings. The average Bonchev–Trinajstić information content (AvgIpc) is 2.23. The number of rotatable bonds is 5. The molecular weight excluding hydrogens is 270 g/mol. The molecule has 15 heavy (non-hydrogen) atoms. The zero-order chi connectivity index (χ0) is 11.3. The van der Waals surface area contributed by atoms with Crippen molar-refractivity contribution >= 4 is 15.9 Å². The molecule has 0 unspecified atom stereocenters. The molecule has 1 aromatic carbocycles. The fraction of sp³-hybridized carbons (Fsp3) is 0.400. The third kappa shape index (κ3) is 3.52. The minimum atomic E-state index is -0.618. The summed E-state index contributed by atoms with van der Waals surface area (Å²) in [5.41, 5.74) is -0.0690. The van der Waals surface area contributed by atoms with Crippen LogP contribution in [0.5, 0.6) is 0 Å². The molecule has 1 aromatic rings. The van der Waals surface area contributed by atoms with E-state index in [9.17, 15) is 8.78 Å². The summed E-state index contributed by atoms with van der Waals surface area (Å²) in [6.07, 6.45) is 0. The minimum absolute atomic E-state index is 0.0690. The molecule has 0 amide bonds. The number of hydrogen-bond donors (Lipinski definition) is 0. The van der Waals surface area contributed by atoms with Gasteiger partial charge in [-0.1, -0.05) is 0 Å².